The fourth-order valence-electron chi connectivity index (χ4n) is 2.02. The Kier molecular flexibility index (Phi) is 2.49. The van der Waals surface area contributed by atoms with Gasteiger partial charge in [0.1, 0.15) is 6.04 Å². The fraction of sp³-hybridized carbons (Fsp3) is 0.364. The molecule has 0 fully saturated rings. The predicted octanol–water partition coefficient (Wildman–Crippen LogP) is 2.53. The molecule has 1 aromatic rings. The zero-order chi connectivity index (χ0) is 10.8. The van der Waals surface area contributed by atoms with E-state index in [1.165, 1.54) is 0 Å². The molecular weight excluding hydrogens is 194 g/mol. The zero-order valence-corrected chi connectivity index (χ0v) is 8.14. The number of nitrogens with zero attached hydrogens (tertiary/aromatic N) is 1. The number of fused-ring (bicyclic) bond motifs is 1. The van der Waals surface area contributed by atoms with Crippen LogP contribution in [0.5, 0.6) is 0 Å². The van der Waals surface area contributed by atoms with Crippen molar-refractivity contribution in [3.8, 4) is 0 Å². The molecule has 1 unspecified atom stereocenters. The molecule has 1 aliphatic rings. The number of carboxylic acid groups (broad SMARTS) is 1. The number of benzene rings is 1. The third-order valence-electron chi connectivity index (χ3n) is 2.80. The molecule has 0 aliphatic heterocycles. The number of carbonyl (C=O) groups is 1. The van der Waals surface area contributed by atoms with Gasteiger partial charge in [0.15, 0.2) is 0 Å². The summed E-state index contributed by atoms with van der Waals surface area (Å²) in [5, 5.41) is 11.9. The lowest BCUT2D eigenvalue weighted by Crippen LogP contribution is -2.09. The summed E-state index contributed by atoms with van der Waals surface area (Å²) in [7, 11) is 0. The molecule has 4 heteroatoms. The van der Waals surface area contributed by atoms with E-state index in [1.54, 1.807) is 18.2 Å². The Morgan fingerprint density at radius 1 is 1.47 bits per heavy atom. The van der Waals surface area contributed by atoms with Crippen LogP contribution in [-0.4, -0.2) is 11.1 Å². The summed E-state index contributed by atoms with van der Waals surface area (Å²) in [5.74, 6) is -0.965. The van der Waals surface area contributed by atoms with Crippen LogP contribution >= 0.6 is 0 Å². The molecule has 4 nitrogen and oxygen atoms in total. The van der Waals surface area contributed by atoms with Crippen LogP contribution in [0.3, 0.4) is 0 Å². The van der Waals surface area contributed by atoms with Gasteiger partial charge in [-0.05, 0) is 42.5 Å². The SMILES string of the molecule is O=NC1CCCc2ccc(C(=O)O)cc21. The average molecular weight is 205 g/mol. The molecule has 0 radical (unpaired) electrons. The third-order valence-corrected chi connectivity index (χ3v) is 2.80. The highest BCUT2D eigenvalue weighted by Crippen LogP contribution is 2.32. The maximum Gasteiger partial charge on any atom is 0.335 e. The summed E-state index contributed by atoms with van der Waals surface area (Å²) >= 11 is 0. The van der Waals surface area contributed by atoms with E-state index in [0.29, 0.717) is 0 Å². The Hall–Kier alpha value is -1.71. The molecule has 1 N–H and O–H groups in total. The molecule has 15 heavy (non-hydrogen) atoms. The first-order chi connectivity index (χ1) is 7.22. The van der Waals surface area contributed by atoms with Crippen molar-refractivity contribution in [1.29, 1.82) is 0 Å². The molecule has 0 amide bonds. The predicted molar refractivity (Wildman–Crippen MR) is 54.9 cm³/mol. The van der Waals surface area contributed by atoms with Gasteiger partial charge in [-0.25, -0.2) is 4.79 Å². The van der Waals surface area contributed by atoms with Crippen molar-refractivity contribution in [2.24, 2.45) is 5.18 Å². The smallest absolute Gasteiger partial charge is 0.335 e. The monoisotopic (exact) mass is 205 g/mol. The third kappa shape index (κ3) is 1.75. The number of rotatable bonds is 2. The van der Waals surface area contributed by atoms with E-state index in [-0.39, 0.29) is 11.6 Å². The van der Waals surface area contributed by atoms with Crippen molar-refractivity contribution in [3.05, 3.63) is 39.8 Å². The fourth-order valence-corrected chi connectivity index (χ4v) is 2.02. The summed E-state index contributed by atoms with van der Waals surface area (Å²) in [6.07, 6.45) is 2.57. The topological polar surface area (TPSA) is 66.7 Å². The molecule has 0 heterocycles. The molecule has 0 aromatic heterocycles. The van der Waals surface area contributed by atoms with Gasteiger partial charge in [-0.2, -0.15) is 4.91 Å². The van der Waals surface area contributed by atoms with Crippen LogP contribution in [0.4, 0.5) is 0 Å². The van der Waals surface area contributed by atoms with Crippen LogP contribution in [-0.2, 0) is 6.42 Å². The van der Waals surface area contributed by atoms with Crippen molar-refractivity contribution in [1.82, 2.24) is 0 Å². The van der Waals surface area contributed by atoms with Crippen LogP contribution in [0.2, 0.25) is 0 Å². The minimum absolute atomic E-state index is 0.226. The molecule has 1 atom stereocenters. The van der Waals surface area contributed by atoms with Crippen molar-refractivity contribution >= 4 is 5.97 Å². The van der Waals surface area contributed by atoms with Gasteiger partial charge in [-0.1, -0.05) is 11.2 Å². The standard InChI is InChI=1S/C11H11NO3/c13-11(14)8-5-4-7-2-1-3-10(12-15)9(7)6-8/h4-6,10H,1-3H2,(H,13,14). The molecule has 0 bridgehead atoms. The summed E-state index contributed by atoms with van der Waals surface area (Å²) in [4.78, 5) is 21.4. The van der Waals surface area contributed by atoms with Gasteiger partial charge in [0.2, 0.25) is 0 Å². The average Bonchev–Trinajstić information content (AvgIpc) is 2.27. The molecule has 78 valence electrons. The first-order valence-electron chi connectivity index (χ1n) is 4.91. The van der Waals surface area contributed by atoms with Gasteiger partial charge in [-0.3, -0.25) is 0 Å². The van der Waals surface area contributed by atoms with Gasteiger partial charge >= 0.3 is 5.97 Å². The van der Waals surface area contributed by atoms with Gasteiger partial charge < -0.3 is 5.11 Å². The van der Waals surface area contributed by atoms with Gasteiger partial charge in [0.05, 0.1) is 5.56 Å². The highest BCUT2D eigenvalue weighted by atomic mass is 16.4. The van der Waals surface area contributed by atoms with Crippen molar-refractivity contribution in [2.45, 2.75) is 25.3 Å². The lowest BCUT2D eigenvalue weighted by atomic mass is 9.87. The second kappa shape index (κ2) is 3.81. The highest BCUT2D eigenvalue weighted by Gasteiger charge is 2.21. The second-order valence-corrected chi connectivity index (χ2v) is 3.73. The highest BCUT2D eigenvalue weighted by molar-refractivity contribution is 5.88. The Balaban J connectivity index is 2.47. The molecule has 2 rings (SSSR count). The minimum Gasteiger partial charge on any atom is -0.478 e. The van der Waals surface area contributed by atoms with E-state index in [0.717, 1.165) is 30.4 Å². The number of carboxylic acids is 1. The Bertz CT molecular complexity index is 414. The molecular formula is C11H11NO3. The number of nitroso groups, excluding NO2 is 1. The van der Waals surface area contributed by atoms with E-state index in [9.17, 15) is 9.70 Å². The quantitative estimate of drug-likeness (QED) is 0.754. The van der Waals surface area contributed by atoms with Crippen LogP contribution in [0.25, 0.3) is 0 Å². The van der Waals surface area contributed by atoms with E-state index < -0.39 is 5.97 Å². The van der Waals surface area contributed by atoms with E-state index in [2.05, 4.69) is 5.18 Å². The van der Waals surface area contributed by atoms with Gasteiger partial charge in [-0.15, -0.1) is 0 Å². The van der Waals surface area contributed by atoms with Gasteiger partial charge in [0, 0.05) is 0 Å². The summed E-state index contributed by atoms with van der Waals surface area (Å²) in [5.41, 5.74) is 2.07. The minimum atomic E-state index is -0.965. The van der Waals surface area contributed by atoms with Crippen molar-refractivity contribution in [2.75, 3.05) is 0 Å². The maximum atomic E-state index is 10.8. The van der Waals surface area contributed by atoms with E-state index >= 15 is 0 Å². The van der Waals surface area contributed by atoms with Crippen LogP contribution in [0, 0.1) is 4.91 Å². The van der Waals surface area contributed by atoms with Crippen molar-refractivity contribution in [3.63, 3.8) is 0 Å². The first-order valence-corrected chi connectivity index (χ1v) is 4.91. The van der Waals surface area contributed by atoms with Crippen LogP contribution in [0.1, 0.15) is 40.4 Å². The summed E-state index contributed by atoms with van der Waals surface area (Å²) in [6.45, 7) is 0. The number of aromatic carboxylic acids is 1. The molecule has 0 spiro atoms. The summed E-state index contributed by atoms with van der Waals surface area (Å²) < 4.78 is 0. The van der Waals surface area contributed by atoms with E-state index in [1.807, 2.05) is 0 Å². The Morgan fingerprint density at radius 2 is 2.27 bits per heavy atom. The van der Waals surface area contributed by atoms with Crippen LogP contribution in [0.15, 0.2) is 23.4 Å². The zero-order valence-electron chi connectivity index (χ0n) is 8.14. The first kappa shape index (κ1) is 9.83. The largest absolute Gasteiger partial charge is 0.478 e. The lowest BCUT2D eigenvalue weighted by Gasteiger charge is -2.20. The maximum absolute atomic E-state index is 10.8. The Labute approximate surface area is 86.9 Å². The van der Waals surface area contributed by atoms with Gasteiger partial charge in [0.25, 0.3) is 0 Å². The van der Waals surface area contributed by atoms with Crippen LogP contribution < -0.4 is 0 Å². The molecule has 0 saturated carbocycles. The summed E-state index contributed by atoms with van der Waals surface area (Å²) in [6, 6.07) is 4.57. The second-order valence-electron chi connectivity index (χ2n) is 3.73. The number of hydrogen-bond acceptors (Lipinski definition) is 3. The Morgan fingerprint density at radius 3 is 2.93 bits per heavy atom. The lowest BCUT2D eigenvalue weighted by molar-refractivity contribution is 0.0696. The molecule has 1 aromatic carbocycles. The number of hydrogen-bond donors (Lipinski definition) is 1. The van der Waals surface area contributed by atoms with E-state index in [4.69, 9.17) is 5.11 Å². The molecule has 0 saturated heterocycles. The normalized spacial score (nSPS) is 19.3. The number of aryl methyl sites for hydroxylation is 1. The van der Waals surface area contributed by atoms with Crippen molar-refractivity contribution < 1.29 is 9.90 Å². The molecule has 1 aliphatic carbocycles.